The standard InChI is InChI=1S/C13H19N5O2/c1-4-19-11-7-6-10(8-12(11)20-5-2)18-13(9(3)14)15-16-17-18/h6-9H,4-5,14H2,1-3H3. The summed E-state index contributed by atoms with van der Waals surface area (Å²) in [7, 11) is 0. The summed E-state index contributed by atoms with van der Waals surface area (Å²) in [5, 5.41) is 11.6. The molecule has 0 radical (unpaired) electrons. The molecule has 7 heteroatoms. The van der Waals surface area contributed by atoms with Gasteiger partial charge in [-0.3, -0.25) is 0 Å². The van der Waals surface area contributed by atoms with Gasteiger partial charge in [0.2, 0.25) is 0 Å². The Morgan fingerprint density at radius 3 is 2.55 bits per heavy atom. The van der Waals surface area contributed by atoms with Crippen molar-refractivity contribution in [3.63, 3.8) is 0 Å². The first kappa shape index (κ1) is 14.3. The van der Waals surface area contributed by atoms with Gasteiger partial charge in [-0.15, -0.1) is 5.10 Å². The second-order valence-electron chi connectivity index (χ2n) is 4.23. The summed E-state index contributed by atoms with van der Waals surface area (Å²) >= 11 is 0. The number of aromatic nitrogens is 4. The molecule has 0 amide bonds. The smallest absolute Gasteiger partial charge is 0.173 e. The van der Waals surface area contributed by atoms with Crippen LogP contribution in [-0.2, 0) is 0 Å². The maximum atomic E-state index is 5.85. The summed E-state index contributed by atoms with van der Waals surface area (Å²) in [6.45, 7) is 6.82. The molecule has 0 saturated heterocycles. The van der Waals surface area contributed by atoms with Crippen LogP contribution in [0.2, 0.25) is 0 Å². The van der Waals surface area contributed by atoms with Gasteiger partial charge in [0.25, 0.3) is 0 Å². The summed E-state index contributed by atoms with van der Waals surface area (Å²) in [5.41, 5.74) is 6.64. The van der Waals surface area contributed by atoms with Crippen molar-refractivity contribution in [2.24, 2.45) is 5.73 Å². The maximum absolute atomic E-state index is 5.85. The molecule has 0 aliphatic rings. The van der Waals surface area contributed by atoms with E-state index in [2.05, 4.69) is 15.5 Å². The first-order valence-corrected chi connectivity index (χ1v) is 6.61. The zero-order chi connectivity index (χ0) is 14.5. The molecule has 2 aromatic rings. The number of ether oxygens (including phenoxy) is 2. The fourth-order valence-electron chi connectivity index (χ4n) is 1.83. The molecular weight excluding hydrogens is 258 g/mol. The number of hydrogen-bond donors (Lipinski definition) is 1. The van der Waals surface area contributed by atoms with Crippen molar-refractivity contribution in [3.8, 4) is 17.2 Å². The SMILES string of the molecule is CCOc1ccc(-n2nnnc2C(C)N)cc1OCC. The summed E-state index contributed by atoms with van der Waals surface area (Å²) in [4.78, 5) is 0. The van der Waals surface area contributed by atoms with Crippen molar-refractivity contribution in [2.75, 3.05) is 13.2 Å². The van der Waals surface area contributed by atoms with E-state index in [1.165, 1.54) is 0 Å². The van der Waals surface area contributed by atoms with Gasteiger partial charge in [0, 0.05) is 6.07 Å². The van der Waals surface area contributed by atoms with Crippen LogP contribution >= 0.6 is 0 Å². The minimum absolute atomic E-state index is 0.257. The zero-order valence-corrected chi connectivity index (χ0v) is 11.9. The molecule has 7 nitrogen and oxygen atoms in total. The van der Waals surface area contributed by atoms with E-state index in [0.717, 1.165) is 5.69 Å². The highest BCUT2D eigenvalue weighted by Crippen LogP contribution is 2.30. The molecule has 1 unspecified atom stereocenters. The van der Waals surface area contributed by atoms with Crippen LogP contribution in [0.15, 0.2) is 18.2 Å². The van der Waals surface area contributed by atoms with Gasteiger partial charge in [-0.2, -0.15) is 4.68 Å². The largest absolute Gasteiger partial charge is 0.490 e. The van der Waals surface area contributed by atoms with E-state index in [1.807, 2.05) is 39.0 Å². The van der Waals surface area contributed by atoms with E-state index in [4.69, 9.17) is 15.2 Å². The third-order valence-electron chi connectivity index (χ3n) is 2.67. The highest BCUT2D eigenvalue weighted by atomic mass is 16.5. The van der Waals surface area contributed by atoms with Crippen molar-refractivity contribution in [1.29, 1.82) is 0 Å². The lowest BCUT2D eigenvalue weighted by Gasteiger charge is -2.13. The van der Waals surface area contributed by atoms with Crippen molar-refractivity contribution >= 4 is 0 Å². The molecule has 0 bridgehead atoms. The first-order chi connectivity index (χ1) is 9.67. The molecule has 1 aromatic heterocycles. The Morgan fingerprint density at radius 2 is 1.90 bits per heavy atom. The molecule has 0 aliphatic heterocycles. The monoisotopic (exact) mass is 277 g/mol. The van der Waals surface area contributed by atoms with E-state index in [0.29, 0.717) is 30.5 Å². The average molecular weight is 277 g/mol. The van der Waals surface area contributed by atoms with Crippen LogP contribution in [0, 0.1) is 0 Å². The lowest BCUT2D eigenvalue weighted by molar-refractivity contribution is 0.287. The van der Waals surface area contributed by atoms with Gasteiger partial charge in [0.15, 0.2) is 17.3 Å². The maximum Gasteiger partial charge on any atom is 0.173 e. The van der Waals surface area contributed by atoms with E-state index < -0.39 is 0 Å². The molecule has 108 valence electrons. The normalized spacial score (nSPS) is 12.2. The van der Waals surface area contributed by atoms with Crippen LogP contribution in [0.1, 0.15) is 32.6 Å². The number of hydrogen-bond acceptors (Lipinski definition) is 6. The average Bonchev–Trinajstić information content (AvgIpc) is 2.91. The van der Waals surface area contributed by atoms with Gasteiger partial charge >= 0.3 is 0 Å². The second kappa shape index (κ2) is 6.33. The van der Waals surface area contributed by atoms with Gasteiger partial charge < -0.3 is 15.2 Å². The van der Waals surface area contributed by atoms with Crippen LogP contribution in [0.25, 0.3) is 5.69 Å². The van der Waals surface area contributed by atoms with E-state index in [1.54, 1.807) is 4.68 Å². The van der Waals surface area contributed by atoms with Crippen LogP contribution in [0.3, 0.4) is 0 Å². The lowest BCUT2D eigenvalue weighted by Crippen LogP contribution is -2.13. The Kier molecular flexibility index (Phi) is 4.52. The molecular formula is C13H19N5O2. The predicted octanol–water partition coefficient (Wildman–Crippen LogP) is 1.48. The molecule has 0 saturated carbocycles. The van der Waals surface area contributed by atoms with Gasteiger partial charge in [-0.05, 0) is 43.3 Å². The van der Waals surface area contributed by atoms with Crippen LogP contribution in [0.4, 0.5) is 0 Å². The lowest BCUT2D eigenvalue weighted by atomic mass is 10.2. The van der Waals surface area contributed by atoms with E-state index in [9.17, 15) is 0 Å². The Balaban J connectivity index is 2.42. The number of nitrogens with zero attached hydrogens (tertiary/aromatic N) is 4. The fourth-order valence-corrected chi connectivity index (χ4v) is 1.83. The first-order valence-electron chi connectivity index (χ1n) is 6.61. The molecule has 1 atom stereocenters. The van der Waals surface area contributed by atoms with Crippen molar-refractivity contribution in [2.45, 2.75) is 26.8 Å². The topological polar surface area (TPSA) is 88.1 Å². The Hall–Kier alpha value is -2.15. The number of benzene rings is 1. The highest BCUT2D eigenvalue weighted by Gasteiger charge is 2.14. The molecule has 20 heavy (non-hydrogen) atoms. The van der Waals surface area contributed by atoms with Crippen molar-refractivity contribution in [3.05, 3.63) is 24.0 Å². The number of rotatable bonds is 6. The number of nitrogens with two attached hydrogens (primary N) is 1. The quantitative estimate of drug-likeness (QED) is 0.860. The van der Waals surface area contributed by atoms with Gasteiger partial charge in [-0.25, -0.2) is 0 Å². The highest BCUT2D eigenvalue weighted by molar-refractivity contribution is 5.48. The fraction of sp³-hybridized carbons (Fsp3) is 0.462. The third kappa shape index (κ3) is 2.88. The zero-order valence-electron chi connectivity index (χ0n) is 11.9. The Labute approximate surface area is 117 Å². The van der Waals surface area contributed by atoms with Crippen LogP contribution in [-0.4, -0.2) is 33.4 Å². The third-order valence-corrected chi connectivity index (χ3v) is 2.67. The van der Waals surface area contributed by atoms with Crippen LogP contribution < -0.4 is 15.2 Å². The van der Waals surface area contributed by atoms with E-state index in [-0.39, 0.29) is 6.04 Å². The second-order valence-corrected chi connectivity index (χ2v) is 4.23. The Bertz CT molecular complexity index is 568. The van der Waals surface area contributed by atoms with Gasteiger partial charge in [-0.1, -0.05) is 0 Å². The predicted molar refractivity (Wildman–Crippen MR) is 74.1 cm³/mol. The van der Waals surface area contributed by atoms with Crippen molar-refractivity contribution < 1.29 is 9.47 Å². The molecule has 0 fully saturated rings. The van der Waals surface area contributed by atoms with Gasteiger partial charge in [0.1, 0.15) is 0 Å². The van der Waals surface area contributed by atoms with Crippen LogP contribution in [0.5, 0.6) is 11.5 Å². The molecule has 1 heterocycles. The summed E-state index contributed by atoms with van der Waals surface area (Å²) in [6.07, 6.45) is 0. The number of tetrazole rings is 1. The Morgan fingerprint density at radius 1 is 1.20 bits per heavy atom. The van der Waals surface area contributed by atoms with E-state index >= 15 is 0 Å². The summed E-state index contributed by atoms with van der Waals surface area (Å²) < 4.78 is 12.7. The van der Waals surface area contributed by atoms with Crippen molar-refractivity contribution in [1.82, 2.24) is 20.2 Å². The molecule has 0 aliphatic carbocycles. The molecule has 1 aromatic carbocycles. The minimum Gasteiger partial charge on any atom is -0.490 e. The molecule has 0 spiro atoms. The molecule has 2 rings (SSSR count). The summed E-state index contributed by atoms with van der Waals surface area (Å²) in [5.74, 6) is 1.96. The molecule has 2 N–H and O–H groups in total. The van der Waals surface area contributed by atoms with Gasteiger partial charge in [0.05, 0.1) is 24.9 Å². The summed E-state index contributed by atoms with van der Waals surface area (Å²) in [6, 6.07) is 5.30. The minimum atomic E-state index is -0.257.